The second-order valence-corrected chi connectivity index (χ2v) is 3.03. The van der Waals surface area contributed by atoms with Crippen LogP contribution in [0.1, 0.15) is 11.6 Å². The third-order valence-corrected chi connectivity index (χ3v) is 2.12. The van der Waals surface area contributed by atoms with Gasteiger partial charge in [0, 0.05) is 12.1 Å². The number of aromatic hydroxyl groups is 1. The fourth-order valence-electron chi connectivity index (χ4n) is 1.37. The van der Waals surface area contributed by atoms with Gasteiger partial charge in [-0.2, -0.15) is 0 Å². The molecule has 90 valence electrons. The van der Waals surface area contributed by atoms with Crippen molar-refractivity contribution in [1.29, 1.82) is 0 Å². The van der Waals surface area contributed by atoms with E-state index in [4.69, 9.17) is 15.2 Å². The zero-order chi connectivity index (χ0) is 11.4. The minimum Gasteiger partial charge on any atom is -0.508 e. The standard InChI is InChI=1S/C11H15NO3.ClH/c1-4-8(12)11-9(14-2)5-7(13)6-10(11)15-3;/h4-6,8,13H,1,12H2,2-3H3;1H/t8-;/m0./s1. The van der Waals surface area contributed by atoms with E-state index in [-0.39, 0.29) is 18.2 Å². The lowest BCUT2D eigenvalue weighted by Crippen LogP contribution is -2.10. The van der Waals surface area contributed by atoms with Crippen molar-refractivity contribution in [2.75, 3.05) is 14.2 Å². The van der Waals surface area contributed by atoms with E-state index in [1.807, 2.05) is 0 Å². The van der Waals surface area contributed by atoms with Gasteiger partial charge < -0.3 is 20.3 Å². The van der Waals surface area contributed by atoms with Gasteiger partial charge in [0.1, 0.15) is 17.2 Å². The van der Waals surface area contributed by atoms with E-state index >= 15 is 0 Å². The molecule has 3 N–H and O–H groups in total. The molecular formula is C11H16ClNO3. The van der Waals surface area contributed by atoms with Crippen molar-refractivity contribution in [3.63, 3.8) is 0 Å². The molecular weight excluding hydrogens is 230 g/mol. The SMILES string of the molecule is C=C[C@H](N)c1c(OC)cc(O)cc1OC.Cl. The van der Waals surface area contributed by atoms with Crippen LogP contribution in [0, 0.1) is 0 Å². The maximum Gasteiger partial charge on any atom is 0.131 e. The molecule has 0 unspecified atom stereocenters. The van der Waals surface area contributed by atoms with Gasteiger partial charge in [0.2, 0.25) is 0 Å². The summed E-state index contributed by atoms with van der Waals surface area (Å²) in [4.78, 5) is 0. The van der Waals surface area contributed by atoms with Crippen LogP contribution in [0.25, 0.3) is 0 Å². The summed E-state index contributed by atoms with van der Waals surface area (Å²) in [5.41, 5.74) is 6.51. The number of hydrogen-bond donors (Lipinski definition) is 2. The van der Waals surface area contributed by atoms with Gasteiger partial charge >= 0.3 is 0 Å². The number of halogens is 1. The first-order valence-corrected chi connectivity index (χ1v) is 4.47. The Balaban J connectivity index is 0.00000225. The highest BCUT2D eigenvalue weighted by Gasteiger charge is 2.16. The van der Waals surface area contributed by atoms with Crippen molar-refractivity contribution in [2.24, 2.45) is 5.73 Å². The van der Waals surface area contributed by atoms with E-state index in [0.29, 0.717) is 17.1 Å². The molecule has 0 radical (unpaired) electrons. The van der Waals surface area contributed by atoms with Crippen LogP contribution in [0.5, 0.6) is 17.2 Å². The molecule has 5 heteroatoms. The van der Waals surface area contributed by atoms with Crippen LogP contribution in [-0.4, -0.2) is 19.3 Å². The molecule has 1 rings (SSSR count). The van der Waals surface area contributed by atoms with E-state index < -0.39 is 6.04 Å². The van der Waals surface area contributed by atoms with Gasteiger partial charge in [0.15, 0.2) is 0 Å². The Morgan fingerprint density at radius 1 is 1.31 bits per heavy atom. The van der Waals surface area contributed by atoms with Crippen molar-refractivity contribution in [1.82, 2.24) is 0 Å². The van der Waals surface area contributed by atoms with Gasteiger partial charge in [-0.1, -0.05) is 6.08 Å². The van der Waals surface area contributed by atoms with Gasteiger partial charge in [-0.15, -0.1) is 19.0 Å². The summed E-state index contributed by atoms with van der Waals surface area (Å²) >= 11 is 0. The highest BCUT2D eigenvalue weighted by molar-refractivity contribution is 5.85. The van der Waals surface area contributed by atoms with Gasteiger partial charge in [0.05, 0.1) is 25.8 Å². The van der Waals surface area contributed by atoms with Crippen LogP contribution in [0.15, 0.2) is 24.8 Å². The number of phenols is 1. The highest BCUT2D eigenvalue weighted by atomic mass is 35.5. The van der Waals surface area contributed by atoms with Crippen molar-refractivity contribution >= 4 is 12.4 Å². The van der Waals surface area contributed by atoms with Gasteiger partial charge in [0.25, 0.3) is 0 Å². The largest absolute Gasteiger partial charge is 0.508 e. The first-order valence-electron chi connectivity index (χ1n) is 4.47. The second kappa shape index (κ2) is 6.25. The van der Waals surface area contributed by atoms with E-state index in [2.05, 4.69) is 6.58 Å². The van der Waals surface area contributed by atoms with E-state index in [1.54, 1.807) is 6.08 Å². The quantitative estimate of drug-likeness (QED) is 0.797. The molecule has 0 aromatic heterocycles. The predicted molar refractivity (Wildman–Crippen MR) is 65.6 cm³/mol. The van der Waals surface area contributed by atoms with Crippen LogP contribution in [-0.2, 0) is 0 Å². The van der Waals surface area contributed by atoms with E-state index in [9.17, 15) is 5.11 Å². The van der Waals surface area contributed by atoms with Crippen molar-refractivity contribution < 1.29 is 14.6 Å². The van der Waals surface area contributed by atoms with E-state index in [0.717, 1.165) is 0 Å². The smallest absolute Gasteiger partial charge is 0.131 e. The Bertz CT molecular complexity index is 343. The third-order valence-electron chi connectivity index (χ3n) is 2.12. The van der Waals surface area contributed by atoms with Crippen LogP contribution in [0.3, 0.4) is 0 Å². The average molecular weight is 246 g/mol. The van der Waals surface area contributed by atoms with Crippen molar-refractivity contribution in [3.05, 3.63) is 30.4 Å². The summed E-state index contributed by atoms with van der Waals surface area (Å²) in [5.74, 6) is 1.04. The average Bonchev–Trinajstić information content (AvgIpc) is 2.26. The minimum atomic E-state index is -0.393. The number of ether oxygens (including phenoxy) is 2. The van der Waals surface area contributed by atoms with Gasteiger partial charge in [-0.3, -0.25) is 0 Å². The summed E-state index contributed by atoms with van der Waals surface area (Å²) in [7, 11) is 3.01. The molecule has 0 aliphatic heterocycles. The van der Waals surface area contributed by atoms with E-state index in [1.165, 1.54) is 26.4 Å². The lowest BCUT2D eigenvalue weighted by atomic mass is 10.0. The van der Waals surface area contributed by atoms with Crippen LogP contribution in [0.2, 0.25) is 0 Å². The maximum absolute atomic E-state index is 9.41. The number of rotatable bonds is 4. The molecule has 0 amide bonds. The Hall–Kier alpha value is -1.39. The number of phenolic OH excluding ortho intramolecular Hbond substituents is 1. The molecule has 0 saturated carbocycles. The molecule has 0 spiro atoms. The van der Waals surface area contributed by atoms with Crippen LogP contribution < -0.4 is 15.2 Å². The maximum atomic E-state index is 9.41. The lowest BCUT2D eigenvalue weighted by molar-refractivity contribution is 0.374. The topological polar surface area (TPSA) is 64.7 Å². The number of methoxy groups -OCH3 is 2. The number of benzene rings is 1. The molecule has 1 aromatic carbocycles. The monoisotopic (exact) mass is 245 g/mol. The Kier molecular flexibility index (Phi) is 5.71. The molecule has 16 heavy (non-hydrogen) atoms. The summed E-state index contributed by atoms with van der Waals surface area (Å²) < 4.78 is 10.2. The molecule has 0 bridgehead atoms. The summed E-state index contributed by atoms with van der Waals surface area (Å²) in [6, 6.07) is 2.58. The zero-order valence-electron chi connectivity index (χ0n) is 9.27. The summed E-state index contributed by atoms with van der Waals surface area (Å²) in [6.07, 6.45) is 1.58. The Labute approximate surface area is 101 Å². The fraction of sp³-hybridized carbons (Fsp3) is 0.273. The van der Waals surface area contributed by atoms with Crippen LogP contribution in [0.4, 0.5) is 0 Å². The van der Waals surface area contributed by atoms with Crippen molar-refractivity contribution in [2.45, 2.75) is 6.04 Å². The molecule has 1 atom stereocenters. The minimum absolute atomic E-state index is 0. The van der Waals surface area contributed by atoms with Gasteiger partial charge in [-0.25, -0.2) is 0 Å². The lowest BCUT2D eigenvalue weighted by Gasteiger charge is -2.16. The molecule has 0 heterocycles. The zero-order valence-corrected chi connectivity index (χ0v) is 10.1. The molecule has 0 saturated heterocycles. The fourth-order valence-corrected chi connectivity index (χ4v) is 1.37. The first-order chi connectivity index (χ1) is 7.13. The van der Waals surface area contributed by atoms with Gasteiger partial charge in [-0.05, 0) is 0 Å². The van der Waals surface area contributed by atoms with Crippen LogP contribution >= 0.6 is 12.4 Å². The number of nitrogens with two attached hydrogens (primary N) is 1. The normalized spacial score (nSPS) is 11.2. The number of hydrogen-bond acceptors (Lipinski definition) is 4. The molecule has 4 nitrogen and oxygen atoms in total. The third kappa shape index (κ3) is 2.81. The molecule has 0 aliphatic rings. The highest BCUT2D eigenvalue weighted by Crippen LogP contribution is 2.37. The summed E-state index contributed by atoms with van der Waals surface area (Å²) in [5, 5.41) is 9.41. The summed E-state index contributed by atoms with van der Waals surface area (Å²) in [6.45, 7) is 3.61. The molecule has 0 aliphatic carbocycles. The predicted octanol–water partition coefficient (Wildman–Crippen LogP) is 2.02. The van der Waals surface area contributed by atoms with Crippen molar-refractivity contribution in [3.8, 4) is 17.2 Å². The second-order valence-electron chi connectivity index (χ2n) is 3.03. The Morgan fingerprint density at radius 2 is 1.75 bits per heavy atom. The Morgan fingerprint density at radius 3 is 2.06 bits per heavy atom. The molecule has 1 aromatic rings. The molecule has 0 fully saturated rings. The first kappa shape index (κ1) is 14.6.